The molecule has 6 heteroatoms. The minimum Gasteiger partial charge on any atom is -0.465 e. The first-order chi connectivity index (χ1) is 9.20. The topological polar surface area (TPSA) is 86.5 Å². The van der Waals surface area contributed by atoms with Crippen LogP contribution in [-0.4, -0.2) is 37.3 Å². The minimum atomic E-state index is -0.456. The van der Waals surface area contributed by atoms with Crippen LogP contribution < -0.4 is 11.1 Å². The molecule has 0 radical (unpaired) electrons. The number of carbonyl (C=O) groups excluding carboxylic acids is 1. The summed E-state index contributed by atoms with van der Waals surface area (Å²) >= 11 is 0. The molecule has 0 aliphatic carbocycles. The number of rotatable bonds is 5. The number of nitrogens with one attached hydrogen (secondary N) is 1. The van der Waals surface area contributed by atoms with Crippen LogP contribution in [0.1, 0.15) is 29.6 Å². The van der Waals surface area contributed by atoms with Crippen molar-refractivity contribution in [1.29, 1.82) is 0 Å². The van der Waals surface area contributed by atoms with Crippen molar-refractivity contribution >= 4 is 17.5 Å². The third-order valence-corrected chi connectivity index (χ3v) is 3.14. The lowest BCUT2D eigenvalue weighted by Gasteiger charge is -2.11. The molecule has 0 spiro atoms. The van der Waals surface area contributed by atoms with E-state index in [1.165, 1.54) is 13.3 Å². The number of carbonyl (C=O) groups is 1. The molecule has 0 aromatic carbocycles. The Morgan fingerprint density at radius 2 is 2.53 bits per heavy atom. The fourth-order valence-corrected chi connectivity index (χ4v) is 2.08. The van der Waals surface area contributed by atoms with Gasteiger partial charge in [-0.25, -0.2) is 9.78 Å². The van der Waals surface area contributed by atoms with Crippen molar-refractivity contribution in [3.05, 3.63) is 17.8 Å². The number of nitrogen functional groups attached to an aromatic ring is 1. The molecule has 0 saturated carbocycles. The van der Waals surface area contributed by atoms with Gasteiger partial charge in [-0.15, -0.1) is 0 Å². The lowest BCUT2D eigenvalue weighted by molar-refractivity contribution is 0.0602. The van der Waals surface area contributed by atoms with Crippen LogP contribution in [0.5, 0.6) is 0 Å². The molecule has 3 N–H and O–H groups in total. The number of nitrogens with two attached hydrogens (primary N) is 1. The Hall–Kier alpha value is -1.82. The molecule has 1 saturated heterocycles. The van der Waals surface area contributed by atoms with Gasteiger partial charge >= 0.3 is 5.97 Å². The van der Waals surface area contributed by atoms with E-state index in [1.54, 1.807) is 6.07 Å². The average Bonchev–Trinajstić information content (AvgIpc) is 2.93. The highest BCUT2D eigenvalue weighted by atomic mass is 16.5. The van der Waals surface area contributed by atoms with Gasteiger partial charge in [0.25, 0.3) is 0 Å². The Bertz CT molecular complexity index is 445. The summed E-state index contributed by atoms with van der Waals surface area (Å²) in [4.78, 5) is 15.6. The normalized spacial score (nSPS) is 18.3. The van der Waals surface area contributed by atoms with Crippen molar-refractivity contribution in [3.63, 3.8) is 0 Å². The molecule has 0 amide bonds. The average molecular weight is 265 g/mol. The van der Waals surface area contributed by atoms with Crippen molar-refractivity contribution in [3.8, 4) is 0 Å². The Kier molecular flexibility index (Phi) is 4.57. The number of anilines is 2. The fraction of sp³-hybridized carbons (Fsp3) is 0.538. The zero-order valence-corrected chi connectivity index (χ0v) is 11.0. The lowest BCUT2D eigenvalue weighted by atomic mass is 10.2. The van der Waals surface area contributed by atoms with Crippen LogP contribution in [0.4, 0.5) is 11.5 Å². The molecule has 0 bridgehead atoms. The summed E-state index contributed by atoms with van der Waals surface area (Å²) in [6.45, 7) is 1.61. The maximum atomic E-state index is 11.5. The van der Waals surface area contributed by atoms with Crippen LogP contribution >= 0.6 is 0 Å². The molecule has 1 aliphatic rings. The van der Waals surface area contributed by atoms with Gasteiger partial charge in [0.1, 0.15) is 5.82 Å². The molecular weight excluding hydrogens is 246 g/mol. The summed E-state index contributed by atoms with van der Waals surface area (Å²) in [7, 11) is 1.33. The predicted octanol–water partition coefficient (Wildman–Crippen LogP) is 1.43. The van der Waals surface area contributed by atoms with Crippen molar-refractivity contribution in [1.82, 2.24) is 4.98 Å². The standard InChI is InChI=1S/C13H19N3O3/c1-18-13(17)10-7-12(16-8-11(10)14)15-5-4-9-3-2-6-19-9/h7-9H,2-6,14H2,1H3,(H,15,16). The highest BCUT2D eigenvalue weighted by Gasteiger charge is 2.15. The van der Waals surface area contributed by atoms with Crippen LogP contribution in [0, 0.1) is 0 Å². The molecule has 104 valence electrons. The van der Waals surface area contributed by atoms with E-state index < -0.39 is 5.97 Å². The van der Waals surface area contributed by atoms with Gasteiger partial charge in [-0.2, -0.15) is 0 Å². The van der Waals surface area contributed by atoms with Gasteiger partial charge in [0.15, 0.2) is 0 Å². The minimum absolute atomic E-state index is 0.316. The molecule has 1 atom stereocenters. The van der Waals surface area contributed by atoms with Crippen LogP contribution in [-0.2, 0) is 9.47 Å². The summed E-state index contributed by atoms with van der Waals surface area (Å²) in [6.07, 6.45) is 4.98. The maximum Gasteiger partial charge on any atom is 0.340 e. The SMILES string of the molecule is COC(=O)c1cc(NCCC2CCCO2)ncc1N. The first-order valence-electron chi connectivity index (χ1n) is 6.40. The van der Waals surface area contributed by atoms with E-state index >= 15 is 0 Å². The van der Waals surface area contributed by atoms with Crippen molar-refractivity contribution in [2.45, 2.75) is 25.4 Å². The molecule has 19 heavy (non-hydrogen) atoms. The number of ether oxygens (including phenoxy) is 2. The Balaban J connectivity index is 1.91. The molecule has 6 nitrogen and oxygen atoms in total. The van der Waals surface area contributed by atoms with Crippen LogP contribution in [0.15, 0.2) is 12.3 Å². The predicted molar refractivity (Wildman–Crippen MR) is 72.1 cm³/mol. The van der Waals surface area contributed by atoms with Gasteiger partial charge in [0.2, 0.25) is 0 Å². The number of nitrogens with zero attached hydrogens (tertiary/aromatic N) is 1. The number of pyridine rings is 1. The summed E-state index contributed by atoms with van der Waals surface area (Å²) < 4.78 is 10.2. The molecule has 1 fully saturated rings. The summed E-state index contributed by atoms with van der Waals surface area (Å²) in [5.74, 6) is 0.162. The smallest absolute Gasteiger partial charge is 0.340 e. The number of aromatic nitrogens is 1. The van der Waals surface area contributed by atoms with Gasteiger partial charge in [-0.1, -0.05) is 0 Å². The first kappa shape index (κ1) is 13.6. The summed E-state index contributed by atoms with van der Waals surface area (Å²) in [6, 6.07) is 1.61. The first-order valence-corrected chi connectivity index (χ1v) is 6.40. The van der Waals surface area contributed by atoms with E-state index in [2.05, 4.69) is 15.0 Å². The Morgan fingerprint density at radius 3 is 3.21 bits per heavy atom. The van der Waals surface area contributed by atoms with E-state index in [0.29, 0.717) is 23.2 Å². The second-order valence-electron chi connectivity index (χ2n) is 4.50. The van der Waals surface area contributed by atoms with Crippen LogP contribution in [0.2, 0.25) is 0 Å². The monoisotopic (exact) mass is 265 g/mol. The van der Waals surface area contributed by atoms with Crippen molar-refractivity contribution < 1.29 is 14.3 Å². The Labute approximate surface area is 112 Å². The maximum absolute atomic E-state index is 11.5. The van der Waals surface area contributed by atoms with Gasteiger partial charge in [-0.05, 0) is 25.3 Å². The second-order valence-corrected chi connectivity index (χ2v) is 4.50. The molecule has 2 rings (SSSR count). The van der Waals surface area contributed by atoms with Gasteiger partial charge in [0, 0.05) is 13.2 Å². The number of hydrogen-bond donors (Lipinski definition) is 2. The molecular formula is C13H19N3O3. The third-order valence-electron chi connectivity index (χ3n) is 3.14. The molecule has 1 unspecified atom stereocenters. The summed E-state index contributed by atoms with van der Waals surface area (Å²) in [5, 5.41) is 3.16. The van der Waals surface area contributed by atoms with Gasteiger partial charge in [0.05, 0.1) is 30.7 Å². The fourth-order valence-electron chi connectivity index (χ4n) is 2.08. The zero-order valence-electron chi connectivity index (χ0n) is 11.0. The second kappa shape index (κ2) is 6.38. The van der Waals surface area contributed by atoms with Gasteiger partial charge in [-0.3, -0.25) is 0 Å². The van der Waals surface area contributed by atoms with Gasteiger partial charge < -0.3 is 20.5 Å². The van der Waals surface area contributed by atoms with E-state index in [4.69, 9.17) is 10.5 Å². The van der Waals surface area contributed by atoms with E-state index in [0.717, 1.165) is 32.4 Å². The molecule has 1 aromatic rings. The quantitative estimate of drug-likeness (QED) is 0.783. The number of methoxy groups -OCH3 is 1. The van der Waals surface area contributed by atoms with Crippen molar-refractivity contribution in [2.75, 3.05) is 31.3 Å². The highest BCUT2D eigenvalue weighted by molar-refractivity contribution is 5.95. The molecule has 1 aliphatic heterocycles. The number of esters is 1. The van der Waals surface area contributed by atoms with Crippen LogP contribution in [0.25, 0.3) is 0 Å². The largest absolute Gasteiger partial charge is 0.465 e. The zero-order chi connectivity index (χ0) is 13.7. The summed E-state index contributed by atoms with van der Waals surface area (Å²) in [5.41, 5.74) is 6.33. The highest BCUT2D eigenvalue weighted by Crippen LogP contribution is 2.17. The number of hydrogen-bond acceptors (Lipinski definition) is 6. The van der Waals surface area contributed by atoms with E-state index in [1.807, 2.05) is 0 Å². The lowest BCUT2D eigenvalue weighted by Crippen LogP contribution is -2.14. The molecule has 2 heterocycles. The van der Waals surface area contributed by atoms with Crippen molar-refractivity contribution in [2.24, 2.45) is 0 Å². The van der Waals surface area contributed by atoms with E-state index in [-0.39, 0.29) is 0 Å². The Morgan fingerprint density at radius 1 is 1.68 bits per heavy atom. The van der Waals surface area contributed by atoms with E-state index in [9.17, 15) is 4.79 Å². The molecule has 1 aromatic heterocycles. The third kappa shape index (κ3) is 3.57. The van der Waals surface area contributed by atoms with Crippen LogP contribution in [0.3, 0.4) is 0 Å².